The fraction of sp³-hybridized carbons (Fsp3) is 0.353. The minimum Gasteiger partial charge on any atom is -0.325 e. The molecular formula is C17H22ClN3O5S3. The molecule has 1 aromatic heterocycles. The number of rotatable bonds is 9. The molecule has 0 aliphatic heterocycles. The average Bonchev–Trinajstić information content (AvgIpc) is 3.19. The van der Waals surface area contributed by atoms with Crippen molar-refractivity contribution in [3.05, 3.63) is 40.7 Å². The Balaban J connectivity index is 2.21. The van der Waals surface area contributed by atoms with E-state index in [1.54, 1.807) is 25.3 Å². The summed E-state index contributed by atoms with van der Waals surface area (Å²) >= 11 is 7.11. The van der Waals surface area contributed by atoms with Crippen LogP contribution in [-0.4, -0.2) is 46.2 Å². The van der Waals surface area contributed by atoms with Crippen molar-refractivity contribution < 1.29 is 21.6 Å². The Morgan fingerprint density at radius 1 is 1.17 bits per heavy atom. The lowest BCUT2D eigenvalue weighted by molar-refractivity contribution is -0.117. The maximum atomic E-state index is 12.7. The van der Waals surface area contributed by atoms with Gasteiger partial charge in [0.25, 0.3) is 10.0 Å². The molecule has 1 amide bonds. The molecule has 160 valence electrons. The highest BCUT2D eigenvalue weighted by Crippen LogP contribution is 2.28. The maximum absolute atomic E-state index is 12.7. The fourth-order valence-corrected chi connectivity index (χ4v) is 6.66. The Morgan fingerprint density at radius 3 is 2.38 bits per heavy atom. The number of sulfonamides is 2. The Labute approximate surface area is 180 Å². The number of hydrogen-bond acceptors (Lipinski definition) is 6. The van der Waals surface area contributed by atoms with E-state index in [9.17, 15) is 21.6 Å². The van der Waals surface area contributed by atoms with Crippen LogP contribution in [0.5, 0.6) is 0 Å². The molecule has 2 rings (SSSR count). The number of hydrogen-bond donors (Lipinski definition) is 2. The average molecular weight is 480 g/mol. The predicted octanol–water partition coefficient (Wildman–Crippen LogP) is 2.74. The monoisotopic (exact) mass is 479 g/mol. The van der Waals surface area contributed by atoms with Crippen molar-refractivity contribution in [2.24, 2.45) is 0 Å². The second-order valence-electron chi connectivity index (χ2n) is 6.00. The zero-order valence-corrected chi connectivity index (χ0v) is 19.3. The number of nitrogens with zero attached hydrogens (tertiary/aromatic N) is 1. The minimum atomic E-state index is -3.83. The van der Waals surface area contributed by atoms with Gasteiger partial charge in [0.2, 0.25) is 15.9 Å². The molecule has 0 radical (unpaired) electrons. The molecule has 8 nitrogen and oxygen atoms in total. The summed E-state index contributed by atoms with van der Waals surface area (Å²) in [5.74, 6) is -0.640. The first-order valence-corrected chi connectivity index (χ1v) is 12.9. The molecule has 29 heavy (non-hydrogen) atoms. The van der Waals surface area contributed by atoms with Crippen LogP contribution in [0.4, 0.5) is 5.69 Å². The van der Waals surface area contributed by atoms with Gasteiger partial charge in [-0.05, 0) is 36.6 Å². The van der Waals surface area contributed by atoms with E-state index in [-0.39, 0.29) is 32.9 Å². The van der Waals surface area contributed by atoms with Gasteiger partial charge < -0.3 is 5.32 Å². The van der Waals surface area contributed by atoms with Gasteiger partial charge in [-0.2, -0.15) is 9.03 Å². The first-order chi connectivity index (χ1) is 13.5. The smallest absolute Gasteiger partial charge is 0.250 e. The largest absolute Gasteiger partial charge is 0.325 e. The second-order valence-corrected chi connectivity index (χ2v) is 11.2. The minimum absolute atomic E-state index is 0.0290. The molecule has 2 N–H and O–H groups in total. The van der Waals surface area contributed by atoms with Crippen LogP contribution in [0.3, 0.4) is 0 Å². The number of nitrogens with one attached hydrogen (secondary N) is 2. The van der Waals surface area contributed by atoms with Crippen molar-refractivity contribution in [2.45, 2.75) is 35.9 Å². The van der Waals surface area contributed by atoms with Gasteiger partial charge >= 0.3 is 0 Å². The lowest BCUT2D eigenvalue weighted by atomic mass is 10.3. The maximum Gasteiger partial charge on any atom is 0.250 e. The molecule has 2 aromatic rings. The Hall–Kier alpha value is -1.50. The number of thiophene rings is 1. The number of anilines is 1. The highest BCUT2D eigenvalue weighted by Gasteiger charge is 2.26. The molecule has 0 fully saturated rings. The standard InChI is InChI=1S/C17H22ClN3O5S3/c1-4-21(5-2)29(25,26)15-11-13(8-9-14(15)18)19-17(22)12(3)20-28(23,24)16-7-6-10-27-16/h6-12,20H,4-5H2,1-3H3,(H,19,22). The van der Waals surface area contributed by atoms with Gasteiger partial charge in [0.05, 0.1) is 11.1 Å². The molecule has 1 aromatic carbocycles. The summed E-state index contributed by atoms with van der Waals surface area (Å²) in [5, 5.41) is 4.17. The van der Waals surface area contributed by atoms with Gasteiger partial charge in [-0.25, -0.2) is 16.8 Å². The Morgan fingerprint density at radius 2 is 1.83 bits per heavy atom. The van der Waals surface area contributed by atoms with Gasteiger partial charge in [0, 0.05) is 18.8 Å². The molecule has 0 bridgehead atoms. The van der Waals surface area contributed by atoms with E-state index in [4.69, 9.17) is 11.6 Å². The third-order valence-electron chi connectivity index (χ3n) is 4.01. The molecule has 0 spiro atoms. The van der Waals surface area contributed by atoms with Crippen molar-refractivity contribution >= 4 is 54.6 Å². The lowest BCUT2D eigenvalue weighted by Gasteiger charge is -2.20. The van der Waals surface area contributed by atoms with E-state index >= 15 is 0 Å². The molecule has 1 unspecified atom stereocenters. The van der Waals surface area contributed by atoms with Crippen LogP contribution >= 0.6 is 22.9 Å². The van der Waals surface area contributed by atoms with Crippen molar-refractivity contribution in [2.75, 3.05) is 18.4 Å². The van der Waals surface area contributed by atoms with Crippen molar-refractivity contribution in [3.8, 4) is 0 Å². The van der Waals surface area contributed by atoms with Crippen LogP contribution in [-0.2, 0) is 24.8 Å². The van der Waals surface area contributed by atoms with Crippen LogP contribution in [0.2, 0.25) is 5.02 Å². The van der Waals surface area contributed by atoms with E-state index in [1.807, 2.05) is 0 Å². The first kappa shape index (κ1) is 23.8. The van der Waals surface area contributed by atoms with Crippen LogP contribution < -0.4 is 10.0 Å². The summed E-state index contributed by atoms with van der Waals surface area (Å²) in [6.45, 7) is 5.36. The summed E-state index contributed by atoms with van der Waals surface area (Å²) in [5.41, 5.74) is 0.187. The second kappa shape index (κ2) is 9.54. The summed E-state index contributed by atoms with van der Waals surface area (Å²) in [4.78, 5) is 12.3. The SMILES string of the molecule is CCN(CC)S(=O)(=O)c1cc(NC(=O)C(C)NS(=O)(=O)c2cccs2)ccc1Cl. The summed E-state index contributed by atoms with van der Waals surface area (Å²) in [7, 11) is -7.65. The number of benzene rings is 1. The summed E-state index contributed by atoms with van der Waals surface area (Å²) < 4.78 is 53.6. The number of halogens is 1. The molecule has 0 saturated heterocycles. The number of amides is 1. The molecule has 1 atom stereocenters. The van der Waals surface area contributed by atoms with Crippen molar-refractivity contribution in [1.82, 2.24) is 9.03 Å². The zero-order chi connectivity index (χ0) is 21.8. The van der Waals surface area contributed by atoms with Gasteiger partial charge in [0.1, 0.15) is 9.10 Å². The third-order valence-corrected chi connectivity index (χ3v) is 9.48. The molecule has 1 heterocycles. The summed E-state index contributed by atoms with van der Waals surface area (Å²) in [6.07, 6.45) is 0. The van der Waals surface area contributed by atoms with Gasteiger partial charge in [-0.3, -0.25) is 4.79 Å². The Bertz CT molecular complexity index is 1070. The van der Waals surface area contributed by atoms with Crippen molar-refractivity contribution in [1.29, 1.82) is 0 Å². The van der Waals surface area contributed by atoms with Gasteiger partial charge in [-0.15, -0.1) is 11.3 Å². The van der Waals surface area contributed by atoms with Gasteiger partial charge in [-0.1, -0.05) is 31.5 Å². The molecular weight excluding hydrogens is 458 g/mol. The van der Waals surface area contributed by atoms with Crippen LogP contribution in [0.1, 0.15) is 20.8 Å². The normalized spacial score (nSPS) is 13.4. The van der Waals surface area contributed by atoms with Gasteiger partial charge in [0.15, 0.2) is 0 Å². The van der Waals surface area contributed by atoms with E-state index in [2.05, 4.69) is 10.0 Å². The number of carbonyl (C=O) groups is 1. The van der Waals surface area contributed by atoms with Crippen LogP contribution in [0.25, 0.3) is 0 Å². The molecule has 12 heteroatoms. The Kier molecular flexibility index (Phi) is 7.82. The van der Waals surface area contributed by atoms with E-state index in [0.717, 1.165) is 11.3 Å². The van der Waals surface area contributed by atoms with E-state index < -0.39 is 32.0 Å². The summed E-state index contributed by atoms with van der Waals surface area (Å²) in [6, 6.07) is 6.02. The topological polar surface area (TPSA) is 113 Å². The van der Waals surface area contributed by atoms with Crippen molar-refractivity contribution in [3.63, 3.8) is 0 Å². The lowest BCUT2D eigenvalue weighted by Crippen LogP contribution is -2.41. The first-order valence-electron chi connectivity index (χ1n) is 8.69. The van der Waals surface area contributed by atoms with E-state index in [1.165, 1.54) is 35.5 Å². The predicted molar refractivity (Wildman–Crippen MR) is 114 cm³/mol. The fourth-order valence-electron chi connectivity index (χ4n) is 2.49. The molecule has 0 aliphatic rings. The van der Waals surface area contributed by atoms with Crippen LogP contribution in [0.15, 0.2) is 44.8 Å². The number of carbonyl (C=O) groups excluding carboxylic acids is 1. The molecule has 0 aliphatic carbocycles. The van der Waals surface area contributed by atoms with Crippen LogP contribution in [0, 0.1) is 0 Å². The quantitative estimate of drug-likeness (QED) is 0.574. The highest BCUT2D eigenvalue weighted by atomic mass is 35.5. The van der Waals surface area contributed by atoms with E-state index in [0.29, 0.717) is 0 Å². The highest BCUT2D eigenvalue weighted by molar-refractivity contribution is 7.91. The molecule has 0 saturated carbocycles. The third kappa shape index (κ3) is 5.56. The zero-order valence-electron chi connectivity index (χ0n) is 16.0.